The molecule has 9 heteroatoms. The van der Waals surface area contributed by atoms with Crippen molar-refractivity contribution in [2.24, 2.45) is 0 Å². The number of rotatable bonds is 8. The lowest BCUT2D eigenvalue weighted by Gasteiger charge is -2.31. The van der Waals surface area contributed by atoms with Crippen molar-refractivity contribution in [3.8, 4) is 0 Å². The van der Waals surface area contributed by atoms with Gasteiger partial charge in [-0.3, -0.25) is 9.59 Å². The summed E-state index contributed by atoms with van der Waals surface area (Å²) in [5.41, 5.74) is 0.969. The van der Waals surface area contributed by atoms with Crippen LogP contribution in [0.1, 0.15) is 42.2 Å². The largest absolute Gasteiger partial charge is 0.463 e. The number of hydrogen-bond donors (Lipinski definition) is 1. The molecule has 0 aliphatic carbocycles. The molecule has 2 aromatic rings. The number of nitrogens with zero attached hydrogens (tertiary/aromatic N) is 2. The van der Waals surface area contributed by atoms with Crippen LogP contribution in [-0.2, 0) is 19.6 Å². The van der Waals surface area contributed by atoms with Crippen molar-refractivity contribution in [2.45, 2.75) is 37.3 Å². The van der Waals surface area contributed by atoms with Crippen molar-refractivity contribution in [3.05, 3.63) is 65.7 Å². The van der Waals surface area contributed by atoms with E-state index >= 15 is 0 Å². The third-order valence-corrected chi connectivity index (χ3v) is 7.34. The Morgan fingerprint density at radius 3 is 2.30 bits per heavy atom. The zero-order valence-corrected chi connectivity index (χ0v) is 20.0. The molecule has 0 saturated carbocycles. The van der Waals surface area contributed by atoms with Gasteiger partial charge in [-0.2, -0.15) is 4.31 Å². The predicted molar refractivity (Wildman–Crippen MR) is 125 cm³/mol. The molecular formula is C24H31N3O5S. The Hall–Kier alpha value is -2.75. The lowest BCUT2D eigenvalue weighted by atomic mass is 10.0. The Bertz CT molecular complexity index is 1060. The van der Waals surface area contributed by atoms with Gasteiger partial charge < -0.3 is 15.0 Å². The number of esters is 1. The zero-order chi connectivity index (χ0) is 24.0. The van der Waals surface area contributed by atoms with Crippen LogP contribution < -0.4 is 5.32 Å². The van der Waals surface area contributed by atoms with E-state index in [0.29, 0.717) is 26.2 Å². The SMILES string of the molecule is CC(C)OC(=O)CC(NC(=O)c1cccc(S(=O)(=O)N2CCN(C)CC2)c1)c1ccccc1. The molecule has 8 nitrogen and oxygen atoms in total. The topological polar surface area (TPSA) is 96.0 Å². The highest BCUT2D eigenvalue weighted by atomic mass is 32.2. The fourth-order valence-electron chi connectivity index (χ4n) is 3.63. The van der Waals surface area contributed by atoms with Crippen molar-refractivity contribution < 1.29 is 22.7 Å². The smallest absolute Gasteiger partial charge is 0.308 e. The van der Waals surface area contributed by atoms with Crippen LogP contribution in [-0.4, -0.2) is 68.8 Å². The highest BCUT2D eigenvalue weighted by Crippen LogP contribution is 2.21. The standard InChI is InChI=1S/C24H31N3O5S/c1-18(2)32-23(28)17-22(19-8-5-4-6-9-19)25-24(29)20-10-7-11-21(16-20)33(30,31)27-14-12-26(3)13-15-27/h4-11,16,18,22H,12-15,17H2,1-3H3,(H,25,29). The monoisotopic (exact) mass is 473 g/mol. The van der Waals surface area contributed by atoms with Gasteiger partial charge >= 0.3 is 5.97 Å². The van der Waals surface area contributed by atoms with Gasteiger partial charge in [0.1, 0.15) is 0 Å². The van der Waals surface area contributed by atoms with E-state index in [2.05, 4.69) is 10.2 Å². The van der Waals surface area contributed by atoms with Crippen LogP contribution in [0.5, 0.6) is 0 Å². The van der Waals surface area contributed by atoms with Crippen LogP contribution in [0.25, 0.3) is 0 Å². The van der Waals surface area contributed by atoms with Gasteiger partial charge in [0, 0.05) is 31.7 Å². The third kappa shape index (κ3) is 6.63. The summed E-state index contributed by atoms with van der Waals surface area (Å²) < 4.78 is 32.8. The van der Waals surface area contributed by atoms with E-state index in [1.807, 2.05) is 37.4 Å². The van der Waals surface area contributed by atoms with E-state index in [-0.39, 0.29) is 23.0 Å². The van der Waals surface area contributed by atoms with Crippen LogP contribution in [0.4, 0.5) is 0 Å². The fraction of sp³-hybridized carbons (Fsp3) is 0.417. The summed E-state index contributed by atoms with van der Waals surface area (Å²) >= 11 is 0. The van der Waals surface area contributed by atoms with Crippen molar-refractivity contribution in [1.29, 1.82) is 0 Å². The minimum Gasteiger partial charge on any atom is -0.463 e. The molecule has 1 N–H and O–H groups in total. The number of amides is 1. The van der Waals surface area contributed by atoms with Crippen LogP contribution in [0.3, 0.4) is 0 Å². The summed E-state index contributed by atoms with van der Waals surface area (Å²) in [6.45, 7) is 5.66. The van der Waals surface area contributed by atoms with Gasteiger partial charge in [-0.05, 0) is 44.7 Å². The molecule has 1 atom stereocenters. The molecule has 33 heavy (non-hydrogen) atoms. The number of ether oxygens (including phenoxy) is 1. The molecule has 1 fully saturated rings. The normalized spacial score (nSPS) is 16.4. The van der Waals surface area contributed by atoms with E-state index in [4.69, 9.17) is 4.74 Å². The number of likely N-dealkylation sites (N-methyl/N-ethyl adjacent to an activating group) is 1. The highest BCUT2D eigenvalue weighted by molar-refractivity contribution is 7.89. The Morgan fingerprint density at radius 2 is 1.67 bits per heavy atom. The maximum atomic E-state index is 13.1. The van der Waals surface area contributed by atoms with Crippen molar-refractivity contribution >= 4 is 21.9 Å². The number of hydrogen-bond acceptors (Lipinski definition) is 6. The quantitative estimate of drug-likeness (QED) is 0.592. The molecule has 3 rings (SSSR count). The van der Waals surface area contributed by atoms with Gasteiger partial charge in [-0.15, -0.1) is 0 Å². The lowest BCUT2D eigenvalue weighted by Crippen LogP contribution is -2.47. The van der Waals surface area contributed by atoms with Gasteiger partial charge in [-0.25, -0.2) is 8.42 Å². The van der Waals surface area contributed by atoms with E-state index in [9.17, 15) is 18.0 Å². The van der Waals surface area contributed by atoms with Crippen molar-refractivity contribution in [2.75, 3.05) is 33.2 Å². The molecular weight excluding hydrogens is 442 g/mol. The molecule has 0 spiro atoms. The second-order valence-electron chi connectivity index (χ2n) is 8.41. The first-order valence-corrected chi connectivity index (χ1v) is 12.4. The predicted octanol–water partition coefficient (Wildman–Crippen LogP) is 2.44. The molecule has 178 valence electrons. The Kier molecular flexibility index (Phi) is 8.23. The Labute approximate surface area is 195 Å². The highest BCUT2D eigenvalue weighted by Gasteiger charge is 2.28. The van der Waals surface area contributed by atoms with Crippen LogP contribution in [0.2, 0.25) is 0 Å². The van der Waals surface area contributed by atoms with Gasteiger partial charge in [0.2, 0.25) is 10.0 Å². The molecule has 2 aromatic carbocycles. The molecule has 1 aliphatic rings. The van der Waals surface area contributed by atoms with Crippen LogP contribution in [0, 0.1) is 0 Å². The minimum atomic E-state index is -3.70. The van der Waals surface area contributed by atoms with Crippen LogP contribution >= 0.6 is 0 Å². The van der Waals surface area contributed by atoms with Crippen molar-refractivity contribution in [1.82, 2.24) is 14.5 Å². The summed E-state index contributed by atoms with van der Waals surface area (Å²) in [5.74, 6) is -0.887. The van der Waals surface area contributed by atoms with Gasteiger partial charge in [-0.1, -0.05) is 36.4 Å². The zero-order valence-electron chi connectivity index (χ0n) is 19.2. The molecule has 0 radical (unpaired) electrons. The molecule has 1 amide bonds. The molecule has 1 heterocycles. The Balaban J connectivity index is 1.79. The second kappa shape index (κ2) is 10.9. The average molecular weight is 474 g/mol. The van der Waals surface area contributed by atoms with Gasteiger partial charge in [0.05, 0.1) is 23.5 Å². The first-order chi connectivity index (χ1) is 15.7. The average Bonchev–Trinajstić information content (AvgIpc) is 2.79. The van der Waals surface area contributed by atoms with E-state index in [0.717, 1.165) is 5.56 Å². The summed E-state index contributed by atoms with van der Waals surface area (Å²) in [6, 6.07) is 14.5. The number of carbonyl (C=O) groups excluding carboxylic acids is 2. The lowest BCUT2D eigenvalue weighted by molar-refractivity contribution is -0.147. The summed E-state index contributed by atoms with van der Waals surface area (Å²) in [5, 5.41) is 2.86. The van der Waals surface area contributed by atoms with Crippen molar-refractivity contribution in [3.63, 3.8) is 0 Å². The first kappa shape index (κ1) is 24.9. The molecule has 0 bridgehead atoms. The summed E-state index contributed by atoms with van der Waals surface area (Å²) in [7, 11) is -1.75. The summed E-state index contributed by atoms with van der Waals surface area (Å²) in [4.78, 5) is 27.5. The number of benzene rings is 2. The van der Waals surface area contributed by atoms with Gasteiger partial charge in [0.15, 0.2) is 0 Å². The molecule has 1 aliphatic heterocycles. The number of sulfonamides is 1. The maximum absolute atomic E-state index is 13.1. The van der Waals surface area contributed by atoms with E-state index in [1.54, 1.807) is 26.0 Å². The second-order valence-corrected chi connectivity index (χ2v) is 10.4. The molecule has 1 saturated heterocycles. The molecule has 0 aromatic heterocycles. The van der Waals surface area contributed by atoms with Gasteiger partial charge in [0.25, 0.3) is 5.91 Å². The summed E-state index contributed by atoms with van der Waals surface area (Å²) in [6.07, 6.45) is -0.297. The molecule has 1 unspecified atom stereocenters. The third-order valence-electron chi connectivity index (χ3n) is 5.44. The minimum absolute atomic E-state index is 0.0345. The fourth-order valence-corrected chi connectivity index (χ4v) is 5.10. The Morgan fingerprint density at radius 1 is 1.00 bits per heavy atom. The van der Waals surface area contributed by atoms with Crippen LogP contribution in [0.15, 0.2) is 59.5 Å². The number of nitrogens with one attached hydrogen (secondary N) is 1. The number of piperazine rings is 1. The van der Waals surface area contributed by atoms with E-state index in [1.165, 1.54) is 16.4 Å². The number of carbonyl (C=O) groups is 2. The first-order valence-electron chi connectivity index (χ1n) is 11.0. The van der Waals surface area contributed by atoms with E-state index < -0.39 is 27.9 Å². The maximum Gasteiger partial charge on any atom is 0.308 e.